The van der Waals surface area contributed by atoms with Crippen LogP contribution in [-0.2, 0) is 4.79 Å². The van der Waals surface area contributed by atoms with Gasteiger partial charge in [-0.05, 0) is 55.8 Å². The molecule has 0 aliphatic heterocycles. The van der Waals surface area contributed by atoms with E-state index < -0.39 is 0 Å². The molecule has 2 nitrogen and oxygen atoms in total. The standard InChI is InChI=1S/C16H16ClNOS/c1-11-4-3-5-14(10-11)18-16(19)12(2)20-15-8-6-13(17)7-9-15/h3-10,12H,1-2H3,(H,18,19). The molecule has 0 aliphatic rings. The second-order valence-corrected chi connectivity index (χ2v) is 6.42. The molecule has 2 aromatic carbocycles. The van der Waals surface area contributed by atoms with Gasteiger partial charge < -0.3 is 5.32 Å². The van der Waals surface area contributed by atoms with Crippen LogP contribution < -0.4 is 5.32 Å². The maximum absolute atomic E-state index is 12.1. The molecule has 20 heavy (non-hydrogen) atoms. The van der Waals surface area contributed by atoms with Crippen molar-refractivity contribution in [1.29, 1.82) is 0 Å². The second kappa shape index (κ2) is 6.82. The van der Waals surface area contributed by atoms with E-state index in [1.807, 2.05) is 62.4 Å². The van der Waals surface area contributed by atoms with E-state index in [9.17, 15) is 4.79 Å². The van der Waals surface area contributed by atoms with Crippen LogP contribution in [0.2, 0.25) is 5.02 Å². The molecular weight excluding hydrogens is 290 g/mol. The van der Waals surface area contributed by atoms with Gasteiger partial charge in [-0.1, -0.05) is 23.7 Å². The summed E-state index contributed by atoms with van der Waals surface area (Å²) in [6.07, 6.45) is 0. The van der Waals surface area contributed by atoms with Gasteiger partial charge in [-0.25, -0.2) is 0 Å². The van der Waals surface area contributed by atoms with Crippen LogP contribution >= 0.6 is 23.4 Å². The third-order valence-electron chi connectivity index (χ3n) is 2.78. The largest absolute Gasteiger partial charge is 0.325 e. The lowest BCUT2D eigenvalue weighted by atomic mass is 10.2. The first kappa shape index (κ1) is 14.9. The Morgan fingerprint density at radius 3 is 2.55 bits per heavy atom. The van der Waals surface area contributed by atoms with E-state index in [0.717, 1.165) is 16.1 Å². The van der Waals surface area contributed by atoms with Crippen molar-refractivity contribution in [3.63, 3.8) is 0 Å². The molecule has 0 saturated carbocycles. The Bertz CT molecular complexity index is 598. The van der Waals surface area contributed by atoms with Crippen LogP contribution in [0.25, 0.3) is 0 Å². The molecule has 0 bridgehead atoms. The number of anilines is 1. The van der Waals surface area contributed by atoms with Crippen molar-refractivity contribution in [2.24, 2.45) is 0 Å². The summed E-state index contributed by atoms with van der Waals surface area (Å²) in [7, 11) is 0. The summed E-state index contributed by atoms with van der Waals surface area (Å²) in [4.78, 5) is 13.2. The molecule has 104 valence electrons. The van der Waals surface area contributed by atoms with Crippen molar-refractivity contribution in [2.45, 2.75) is 24.0 Å². The fourth-order valence-corrected chi connectivity index (χ4v) is 2.73. The highest BCUT2D eigenvalue weighted by molar-refractivity contribution is 8.00. The molecule has 2 rings (SSSR count). The highest BCUT2D eigenvalue weighted by atomic mass is 35.5. The molecule has 0 fully saturated rings. The smallest absolute Gasteiger partial charge is 0.237 e. The zero-order valence-electron chi connectivity index (χ0n) is 11.4. The summed E-state index contributed by atoms with van der Waals surface area (Å²) in [5, 5.41) is 3.46. The van der Waals surface area contributed by atoms with Crippen LogP contribution in [0, 0.1) is 6.92 Å². The Balaban J connectivity index is 1.96. The monoisotopic (exact) mass is 305 g/mol. The van der Waals surface area contributed by atoms with Crippen LogP contribution in [0.1, 0.15) is 12.5 Å². The Labute approximate surface area is 128 Å². The summed E-state index contributed by atoms with van der Waals surface area (Å²) >= 11 is 7.36. The molecule has 0 aromatic heterocycles. The van der Waals surface area contributed by atoms with Crippen molar-refractivity contribution >= 4 is 35.0 Å². The van der Waals surface area contributed by atoms with Gasteiger partial charge in [0.1, 0.15) is 0 Å². The summed E-state index contributed by atoms with van der Waals surface area (Å²) in [5.41, 5.74) is 1.96. The molecule has 1 N–H and O–H groups in total. The Morgan fingerprint density at radius 2 is 1.90 bits per heavy atom. The summed E-state index contributed by atoms with van der Waals surface area (Å²) < 4.78 is 0. The van der Waals surface area contributed by atoms with Crippen molar-refractivity contribution in [3.05, 3.63) is 59.1 Å². The lowest BCUT2D eigenvalue weighted by molar-refractivity contribution is -0.115. The normalized spacial score (nSPS) is 11.9. The van der Waals surface area contributed by atoms with E-state index in [2.05, 4.69) is 5.32 Å². The zero-order chi connectivity index (χ0) is 14.5. The van der Waals surface area contributed by atoms with Crippen molar-refractivity contribution in [1.82, 2.24) is 0 Å². The zero-order valence-corrected chi connectivity index (χ0v) is 13.0. The van der Waals surface area contributed by atoms with Gasteiger partial charge in [0.05, 0.1) is 5.25 Å². The molecule has 2 aromatic rings. The highest BCUT2D eigenvalue weighted by Crippen LogP contribution is 2.25. The number of nitrogens with one attached hydrogen (secondary N) is 1. The molecule has 0 radical (unpaired) electrons. The fourth-order valence-electron chi connectivity index (χ4n) is 1.74. The molecule has 1 atom stereocenters. The maximum atomic E-state index is 12.1. The molecule has 4 heteroatoms. The van der Waals surface area contributed by atoms with Crippen LogP contribution in [0.3, 0.4) is 0 Å². The van der Waals surface area contributed by atoms with Gasteiger partial charge in [-0.2, -0.15) is 0 Å². The van der Waals surface area contributed by atoms with Gasteiger partial charge in [0.2, 0.25) is 5.91 Å². The molecule has 1 amide bonds. The van der Waals surface area contributed by atoms with E-state index in [-0.39, 0.29) is 11.2 Å². The minimum Gasteiger partial charge on any atom is -0.325 e. The van der Waals surface area contributed by atoms with Gasteiger partial charge in [-0.3, -0.25) is 4.79 Å². The van der Waals surface area contributed by atoms with E-state index >= 15 is 0 Å². The Hall–Kier alpha value is -1.45. The molecule has 0 spiro atoms. The molecule has 0 saturated heterocycles. The van der Waals surface area contributed by atoms with Gasteiger partial charge in [0.25, 0.3) is 0 Å². The van der Waals surface area contributed by atoms with Crippen molar-refractivity contribution in [2.75, 3.05) is 5.32 Å². The summed E-state index contributed by atoms with van der Waals surface area (Å²) in [6, 6.07) is 15.3. The Kier molecular flexibility index (Phi) is 5.10. The number of halogens is 1. The van der Waals surface area contributed by atoms with Crippen LogP contribution in [0.4, 0.5) is 5.69 Å². The number of carbonyl (C=O) groups excluding carboxylic acids is 1. The van der Waals surface area contributed by atoms with Gasteiger partial charge in [0.15, 0.2) is 0 Å². The number of carbonyl (C=O) groups is 1. The molecule has 0 heterocycles. The van der Waals surface area contributed by atoms with E-state index in [4.69, 9.17) is 11.6 Å². The predicted octanol–water partition coefficient (Wildman–Crippen LogP) is 4.77. The molecule has 1 unspecified atom stereocenters. The SMILES string of the molecule is Cc1cccc(NC(=O)C(C)Sc2ccc(Cl)cc2)c1. The first-order valence-electron chi connectivity index (χ1n) is 6.34. The summed E-state index contributed by atoms with van der Waals surface area (Å²) in [6.45, 7) is 3.89. The predicted molar refractivity (Wildman–Crippen MR) is 86.6 cm³/mol. The number of rotatable bonds is 4. The average Bonchev–Trinajstić information content (AvgIpc) is 2.41. The molecular formula is C16H16ClNOS. The van der Waals surface area contributed by atoms with E-state index in [1.165, 1.54) is 11.8 Å². The number of amides is 1. The third-order valence-corrected chi connectivity index (χ3v) is 4.15. The number of aryl methyl sites for hydroxylation is 1. The van der Waals surface area contributed by atoms with Crippen LogP contribution in [0.5, 0.6) is 0 Å². The van der Waals surface area contributed by atoms with Crippen molar-refractivity contribution < 1.29 is 4.79 Å². The third kappa shape index (κ3) is 4.29. The quantitative estimate of drug-likeness (QED) is 0.825. The number of benzene rings is 2. The lowest BCUT2D eigenvalue weighted by Gasteiger charge is -2.12. The number of thioether (sulfide) groups is 1. The number of hydrogen-bond donors (Lipinski definition) is 1. The van der Waals surface area contributed by atoms with Gasteiger partial charge in [-0.15, -0.1) is 11.8 Å². The minimum atomic E-state index is -0.170. The average molecular weight is 306 g/mol. The fraction of sp³-hybridized carbons (Fsp3) is 0.188. The van der Waals surface area contributed by atoms with Crippen molar-refractivity contribution in [3.8, 4) is 0 Å². The first-order chi connectivity index (χ1) is 9.54. The first-order valence-corrected chi connectivity index (χ1v) is 7.60. The lowest BCUT2D eigenvalue weighted by Crippen LogP contribution is -2.22. The van der Waals surface area contributed by atoms with E-state index in [0.29, 0.717) is 5.02 Å². The van der Waals surface area contributed by atoms with Crippen LogP contribution in [-0.4, -0.2) is 11.2 Å². The van der Waals surface area contributed by atoms with Gasteiger partial charge >= 0.3 is 0 Å². The van der Waals surface area contributed by atoms with Gasteiger partial charge in [0, 0.05) is 15.6 Å². The van der Waals surface area contributed by atoms with Crippen LogP contribution in [0.15, 0.2) is 53.4 Å². The highest BCUT2D eigenvalue weighted by Gasteiger charge is 2.14. The van der Waals surface area contributed by atoms with E-state index in [1.54, 1.807) is 0 Å². The Morgan fingerprint density at radius 1 is 1.20 bits per heavy atom. The number of hydrogen-bond acceptors (Lipinski definition) is 2. The second-order valence-electron chi connectivity index (χ2n) is 4.57. The minimum absolute atomic E-state index is 0.00412. The molecule has 0 aliphatic carbocycles. The summed E-state index contributed by atoms with van der Waals surface area (Å²) in [5.74, 6) is -0.00412. The topological polar surface area (TPSA) is 29.1 Å². The maximum Gasteiger partial charge on any atom is 0.237 e.